The van der Waals surface area contributed by atoms with E-state index in [4.69, 9.17) is 14.2 Å². The Balaban J connectivity index is 1.56. The monoisotopic (exact) mass is 475 g/mol. The van der Waals surface area contributed by atoms with Gasteiger partial charge in [-0.2, -0.15) is 5.10 Å². The molecule has 35 heavy (non-hydrogen) atoms. The number of nitrogens with zero attached hydrogens (tertiary/aromatic N) is 3. The summed E-state index contributed by atoms with van der Waals surface area (Å²) in [6.07, 6.45) is 1.66. The van der Waals surface area contributed by atoms with E-state index >= 15 is 0 Å². The number of pyridine rings is 1. The minimum absolute atomic E-state index is 0.0965. The van der Waals surface area contributed by atoms with Gasteiger partial charge in [-0.05, 0) is 18.2 Å². The molecule has 0 aliphatic rings. The van der Waals surface area contributed by atoms with Crippen molar-refractivity contribution in [3.05, 3.63) is 82.5 Å². The van der Waals surface area contributed by atoms with Gasteiger partial charge in [-0.25, -0.2) is 9.48 Å². The predicted molar refractivity (Wildman–Crippen MR) is 131 cm³/mol. The van der Waals surface area contributed by atoms with Crippen molar-refractivity contribution in [3.8, 4) is 17.2 Å². The first-order valence-corrected chi connectivity index (χ1v) is 10.8. The van der Waals surface area contributed by atoms with Crippen molar-refractivity contribution >= 4 is 22.5 Å². The van der Waals surface area contributed by atoms with Crippen LogP contribution in [-0.2, 0) is 13.1 Å². The highest BCUT2D eigenvalue weighted by Gasteiger charge is 2.16. The van der Waals surface area contributed by atoms with Crippen molar-refractivity contribution in [3.63, 3.8) is 0 Å². The van der Waals surface area contributed by atoms with Crippen LogP contribution in [0.5, 0.6) is 17.2 Å². The standard InChI is InChI=1S/C25H25N5O5/c1-33-21-12-17(13-22(34-2)23(21)35-3)28-25(32)27-14-20-18-9-4-5-10-19(18)24(31)30(29-20)15-16-8-6-7-11-26-16/h4-13H,14-15H2,1-3H3,(H2,27,28,32). The van der Waals surface area contributed by atoms with Crippen molar-refractivity contribution < 1.29 is 19.0 Å². The van der Waals surface area contributed by atoms with Gasteiger partial charge in [0.15, 0.2) is 11.5 Å². The zero-order valence-corrected chi connectivity index (χ0v) is 19.6. The molecule has 2 aromatic carbocycles. The Morgan fingerprint density at radius 3 is 2.26 bits per heavy atom. The van der Waals surface area contributed by atoms with Gasteiger partial charge in [0, 0.05) is 23.7 Å². The SMILES string of the molecule is COc1cc(NC(=O)NCc2nn(Cc3ccccn3)c(=O)c3ccccc23)cc(OC)c1OC. The average Bonchev–Trinajstić information content (AvgIpc) is 2.89. The van der Waals surface area contributed by atoms with Crippen molar-refractivity contribution in [2.45, 2.75) is 13.1 Å². The van der Waals surface area contributed by atoms with Gasteiger partial charge in [0.05, 0.1) is 56.9 Å². The molecule has 0 unspecified atom stereocenters. The number of urea groups is 1. The molecule has 0 aliphatic heterocycles. The number of nitrogens with one attached hydrogen (secondary N) is 2. The van der Waals surface area contributed by atoms with E-state index in [1.165, 1.54) is 26.0 Å². The second-order valence-electron chi connectivity index (χ2n) is 7.50. The molecule has 10 heteroatoms. The lowest BCUT2D eigenvalue weighted by Crippen LogP contribution is -2.31. The first-order valence-electron chi connectivity index (χ1n) is 10.8. The number of ether oxygens (including phenoxy) is 3. The third kappa shape index (κ3) is 5.16. The van der Waals surface area contributed by atoms with Crippen molar-refractivity contribution in [2.24, 2.45) is 0 Å². The van der Waals surface area contributed by atoms with Crippen molar-refractivity contribution in [1.82, 2.24) is 20.1 Å². The molecule has 10 nitrogen and oxygen atoms in total. The number of hydrogen-bond donors (Lipinski definition) is 2. The summed E-state index contributed by atoms with van der Waals surface area (Å²) >= 11 is 0. The Morgan fingerprint density at radius 2 is 1.63 bits per heavy atom. The highest BCUT2D eigenvalue weighted by Crippen LogP contribution is 2.39. The molecule has 4 rings (SSSR count). The van der Waals surface area contributed by atoms with E-state index in [1.54, 1.807) is 30.5 Å². The normalized spacial score (nSPS) is 10.6. The van der Waals surface area contributed by atoms with Crippen LogP contribution < -0.4 is 30.4 Å². The third-order valence-electron chi connectivity index (χ3n) is 5.32. The molecule has 0 radical (unpaired) electrons. The van der Waals surface area contributed by atoms with Crippen molar-refractivity contribution in [1.29, 1.82) is 0 Å². The molecule has 2 amide bonds. The summed E-state index contributed by atoms with van der Waals surface area (Å²) in [5.41, 5.74) is 1.49. The molecule has 0 spiro atoms. The molecule has 0 saturated heterocycles. The number of fused-ring (bicyclic) bond motifs is 1. The fourth-order valence-corrected chi connectivity index (χ4v) is 3.68. The Morgan fingerprint density at radius 1 is 0.943 bits per heavy atom. The van der Waals surface area contributed by atoms with Gasteiger partial charge in [0.2, 0.25) is 5.75 Å². The molecule has 2 aromatic heterocycles. The number of carbonyl (C=O) groups excluding carboxylic acids is 1. The van der Waals surface area contributed by atoms with E-state index in [9.17, 15) is 9.59 Å². The van der Waals surface area contributed by atoms with E-state index < -0.39 is 6.03 Å². The smallest absolute Gasteiger partial charge is 0.319 e. The third-order valence-corrected chi connectivity index (χ3v) is 5.32. The fraction of sp³-hybridized carbons (Fsp3) is 0.200. The fourth-order valence-electron chi connectivity index (χ4n) is 3.68. The Labute approximate surface area is 201 Å². The van der Waals surface area contributed by atoms with E-state index in [-0.39, 0.29) is 18.6 Å². The molecule has 2 N–H and O–H groups in total. The molecule has 180 valence electrons. The van der Waals surface area contributed by atoms with Gasteiger partial charge in [0.25, 0.3) is 5.56 Å². The van der Waals surface area contributed by atoms with Crippen LogP contribution in [0.3, 0.4) is 0 Å². The van der Waals surface area contributed by atoms with Crippen LogP contribution in [0.25, 0.3) is 10.8 Å². The average molecular weight is 476 g/mol. The van der Waals surface area contributed by atoms with E-state index in [0.717, 1.165) is 0 Å². The van der Waals surface area contributed by atoms with Crippen molar-refractivity contribution in [2.75, 3.05) is 26.6 Å². The van der Waals surface area contributed by atoms with E-state index in [2.05, 4.69) is 20.7 Å². The molecule has 0 fully saturated rings. The lowest BCUT2D eigenvalue weighted by atomic mass is 10.1. The first-order chi connectivity index (χ1) is 17.0. The number of hydrogen-bond acceptors (Lipinski definition) is 7. The molecule has 0 bridgehead atoms. The topological polar surface area (TPSA) is 117 Å². The maximum absolute atomic E-state index is 13.0. The zero-order valence-electron chi connectivity index (χ0n) is 19.6. The highest BCUT2D eigenvalue weighted by atomic mass is 16.5. The summed E-state index contributed by atoms with van der Waals surface area (Å²) in [5.74, 6) is 1.25. The maximum Gasteiger partial charge on any atom is 0.319 e. The summed E-state index contributed by atoms with van der Waals surface area (Å²) in [5, 5.41) is 11.3. The van der Waals surface area contributed by atoms with Crippen LogP contribution in [0.4, 0.5) is 10.5 Å². The van der Waals surface area contributed by atoms with Crippen LogP contribution in [0, 0.1) is 0 Å². The molecule has 0 aliphatic carbocycles. The van der Waals surface area contributed by atoms with Crippen LogP contribution in [0.1, 0.15) is 11.4 Å². The summed E-state index contributed by atoms with van der Waals surface area (Å²) in [4.78, 5) is 29.9. The van der Waals surface area contributed by atoms with Gasteiger partial charge in [0.1, 0.15) is 0 Å². The number of methoxy groups -OCH3 is 3. The van der Waals surface area contributed by atoms with E-state index in [0.29, 0.717) is 45.1 Å². The Hall–Kier alpha value is -4.60. The molecule has 2 heterocycles. The lowest BCUT2D eigenvalue weighted by molar-refractivity contribution is 0.251. The first kappa shape index (κ1) is 23.6. The van der Waals surface area contributed by atoms with Gasteiger partial charge in [-0.15, -0.1) is 0 Å². The predicted octanol–water partition coefficient (Wildman–Crippen LogP) is 3.19. The van der Waals surface area contributed by atoms with E-state index in [1.807, 2.05) is 30.3 Å². The van der Waals surface area contributed by atoms with Crippen LogP contribution in [0.15, 0.2) is 65.6 Å². The minimum atomic E-state index is -0.465. The van der Waals surface area contributed by atoms with Crippen LogP contribution >= 0.6 is 0 Å². The molecule has 0 atom stereocenters. The second kappa shape index (κ2) is 10.6. The van der Waals surface area contributed by atoms with Gasteiger partial charge >= 0.3 is 6.03 Å². The van der Waals surface area contributed by atoms with Crippen LogP contribution in [-0.4, -0.2) is 42.1 Å². The summed E-state index contributed by atoms with van der Waals surface area (Å²) < 4.78 is 17.3. The number of amides is 2. The summed E-state index contributed by atoms with van der Waals surface area (Å²) in [6, 6.07) is 15.4. The zero-order chi connectivity index (χ0) is 24.8. The number of anilines is 1. The highest BCUT2D eigenvalue weighted by molar-refractivity contribution is 5.90. The lowest BCUT2D eigenvalue weighted by Gasteiger charge is -2.15. The Kier molecular flexibility index (Phi) is 7.10. The van der Waals surface area contributed by atoms with Gasteiger partial charge in [-0.1, -0.05) is 24.3 Å². The molecular weight excluding hydrogens is 450 g/mol. The second-order valence-corrected chi connectivity index (χ2v) is 7.50. The molecule has 0 saturated carbocycles. The number of aromatic nitrogens is 3. The number of carbonyl (C=O) groups is 1. The van der Waals surface area contributed by atoms with Gasteiger partial charge in [-0.3, -0.25) is 9.78 Å². The summed E-state index contributed by atoms with van der Waals surface area (Å²) in [7, 11) is 4.50. The number of rotatable bonds is 8. The van der Waals surface area contributed by atoms with Crippen LogP contribution in [0.2, 0.25) is 0 Å². The molecule has 4 aromatic rings. The maximum atomic E-state index is 13.0. The minimum Gasteiger partial charge on any atom is -0.493 e. The number of benzene rings is 2. The quantitative estimate of drug-likeness (QED) is 0.402. The molecular formula is C25H25N5O5. The summed E-state index contributed by atoms with van der Waals surface area (Å²) in [6.45, 7) is 0.314. The largest absolute Gasteiger partial charge is 0.493 e. The van der Waals surface area contributed by atoms with Gasteiger partial charge < -0.3 is 24.8 Å². The Bertz CT molecular complexity index is 1380.